The molecule has 0 aliphatic carbocycles. The normalized spacial score (nSPS) is 11.3. The molecule has 0 amide bonds. The molecule has 1 aromatic heterocycles. The highest BCUT2D eigenvalue weighted by atomic mass is 32.2. The Morgan fingerprint density at radius 2 is 1.76 bits per heavy atom. The van der Waals surface area contributed by atoms with E-state index < -0.39 is 0 Å². The first-order valence-corrected chi connectivity index (χ1v) is 8.83. The summed E-state index contributed by atoms with van der Waals surface area (Å²) in [4.78, 5) is 1.31. The van der Waals surface area contributed by atoms with Crippen LogP contribution in [-0.4, -0.2) is 10.3 Å². The van der Waals surface area contributed by atoms with E-state index in [4.69, 9.17) is 12.2 Å². The lowest BCUT2D eigenvalue weighted by molar-refractivity contribution is 0.821. The maximum atomic E-state index is 5.75. The Morgan fingerprint density at radius 3 is 2.52 bits per heavy atom. The number of hydrogen-bond donors (Lipinski definition) is 0. The first kappa shape index (κ1) is 14.6. The third-order valence-corrected chi connectivity index (χ3v) is 5.37. The first-order valence-electron chi connectivity index (χ1n) is 7.44. The highest BCUT2D eigenvalue weighted by Crippen LogP contribution is 2.29. The summed E-state index contributed by atoms with van der Waals surface area (Å²) in [6.07, 6.45) is 1.19. The molecular weight excluding hydrogens is 294 g/mol. The number of hydrogen-bond acceptors (Lipinski definition) is 2. The van der Waals surface area contributed by atoms with Crippen molar-refractivity contribution < 1.29 is 0 Å². The fourth-order valence-corrected chi connectivity index (χ4v) is 3.90. The second-order valence-corrected chi connectivity index (χ2v) is 6.69. The van der Waals surface area contributed by atoms with Crippen LogP contribution in [0.3, 0.4) is 0 Å². The number of aryl methyl sites for hydroxylation is 1. The maximum absolute atomic E-state index is 5.75. The van der Waals surface area contributed by atoms with Crippen LogP contribution in [0.2, 0.25) is 0 Å². The summed E-state index contributed by atoms with van der Waals surface area (Å²) in [5.74, 6) is 1.15. The molecule has 0 saturated heterocycles. The zero-order chi connectivity index (χ0) is 14.8. The quantitative estimate of drug-likeness (QED) is 0.328. The predicted molar refractivity (Wildman–Crippen MR) is 97.0 cm³/mol. The van der Waals surface area contributed by atoms with E-state index in [9.17, 15) is 0 Å². The van der Waals surface area contributed by atoms with E-state index in [0.29, 0.717) is 0 Å². The lowest BCUT2D eigenvalue weighted by atomic mass is 10.1. The minimum absolute atomic E-state index is 0.952. The number of rotatable bonds is 4. The molecule has 21 heavy (non-hydrogen) atoms. The Labute approximate surface area is 135 Å². The van der Waals surface area contributed by atoms with Crippen molar-refractivity contribution in [2.75, 3.05) is 5.75 Å². The molecule has 2 aromatic carbocycles. The molecule has 0 bridgehead atoms. The van der Waals surface area contributed by atoms with Crippen LogP contribution in [0.4, 0.5) is 0 Å². The van der Waals surface area contributed by atoms with Crippen LogP contribution in [0, 0.1) is 4.51 Å². The average molecular weight is 313 g/mol. The number of fused-ring (bicyclic) bond motifs is 2. The van der Waals surface area contributed by atoms with Gasteiger partial charge in [0.2, 0.25) is 0 Å². The summed E-state index contributed by atoms with van der Waals surface area (Å²) in [5, 5.41) is 2.38. The van der Waals surface area contributed by atoms with Gasteiger partial charge in [-0.3, -0.25) is 0 Å². The molecule has 0 aliphatic rings. The van der Waals surface area contributed by atoms with Gasteiger partial charge in [0.25, 0.3) is 0 Å². The van der Waals surface area contributed by atoms with Crippen molar-refractivity contribution in [3.05, 3.63) is 47.0 Å². The van der Waals surface area contributed by atoms with Crippen LogP contribution in [-0.2, 0) is 6.54 Å². The Hall–Kier alpha value is -1.32. The lowest BCUT2D eigenvalue weighted by Gasteiger charge is -2.15. The standard InChI is InChI=1S/C18H19NS2/c1-3-11-21-13-9-10-17-15(12-13)18(20)14-7-5-6-8-16(14)19(17)4-2/h5-10,12H,3-4,11H2,1-2H3. The lowest BCUT2D eigenvalue weighted by Crippen LogP contribution is -2.00. The van der Waals surface area contributed by atoms with Crippen molar-refractivity contribution in [1.82, 2.24) is 4.57 Å². The van der Waals surface area contributed by atoms with E-state index >= 15 is 0 Å². The minimum Gasteiger partial charge on any atom is -0.341 e. The first-order chi connectivity index (χ1) is 10.3. The summed E-state index contributed by atoms with van der Waals surface area (Å²) >= 11 is 7.66. The predicted octanol–water partition coefficient (Wildman–Crippen LogP) is 6.05. The molecule has 3 aromatic rings. The second-order valence-electron chi connectivity index (χ2n) is 5.12. The van der Waals surface area contributed by atoms with Gasteiger partial charge in [-0.1, -0.05) is 37.3 Å². The van der Waals surface area contributed by atoms with Gasteiger partial charge in [0.15, 0.2) is 0 Å². The molecule has 0 radical (unpaired) electrons. The fourth-order valence-electron chi connectivity index (χ4n) is 2.76. The van der Waals surface area contributed by atoms with E-state index in [1.807, 2.05) is 11.8 Å². The smallest absolute Gasteiger partial charge is 0.0564 e. The van der Waals surface area contributed by atoms with Gasteiger partial charge in [0.05, 0.1) is 4.51 Å². The van der Waals surface area contributed by atoms with Gasteiger partial charge in [-0.2, -0.15) is 0 Å². The van der Waals surface area contributed by atoms with Crippen LogP contribution in [0.1, 0.15) is 20.3 Å². The highest BCUT2D eigenvalue weighted by Gasteiger charge is 2.08. The molecule has 3 heteroatoms. The number of benzene rings is 2. The molecule has 0 saturated carbocycles. The highest BCUT2D eigenvalue weighted by molar-refractivity contribution is 7.99. The Bertz CT molecular complexity index is 849. The zero-order valence-corrected chi connectivity index (χ0v) is 14.1. The van der Waals surface area contributed by atoms with Crippen LogP contribution >= 0.6 is 24.0 Å². The Morgan fingerprint density at radius 1 is 1.00 bits per heavy atom. The Balaban J connectivity index is 2.34. The van der Waals surface area contributed by atoms with Crippen molar-refractivity contribution in [2.45, 2.75) is 31.7 Å². The second kappa shape index (κ2) is 6.20. The molecule has 0 N–H and O–H groups in total. The number of pyridine rings is 1. The van der Waals surface area contributed by atoms with Gasteiger partial charge in [0, 0.05) is 33.2 Å². The molecule has 0 fully saturated rings. The fraction of sp³-hybridized carbons (Fsp3) is 0.278. The maximum Gasteiger partial charge on any atom is 0.0564 e. The molecule has 0 aliphatic heterocycles. The molecule has 1 nitrogen and oxygen atoms in total. The van der Waals surface area contributed by atoms with Gasteiger partial charge in [-0.05, 0) is 43.4 Å². The summed E-state index contributed by atoms with van der Waals surface area (Å²) in [5.41, 5.74) is 2.47. The molecule has 0 unspecified atom stereocenters. The Kier molecular flexibility index (Phi) is 4.32. The van der Waals surface area contributed by atoms with Crippen molar-refractivity contribution >= 4 is 45.8 Å². The van der Waals surface area contributed by atoms with Gasteiger partial charge in [0.1, 0.15) is 0 Å². The third kappa shape index (κ3) is 2.60. The van der Waals surface area contributed by atoms with Crippen molar-refractivity contribution in [2.24, 2.45) is 0 Å². The average Bonchev–Trinajstić information content (AvgIpc) is 2.54. The molecule has 0 spiro atoms. The van der Waals surface area contributed by atoms with Crippen LogP contribution in [0.25, 0.3) is 21.8 Å². The van der Waals surface area contributed by atoms with Gasteiger partial charge in [-0.25, -0.2) is 0 Å². The van der Waals surface area contributed by atoms with Gasteiger partial charge >= 0.3 is 0 Å². The monoisotopic (exact) mass is 313 g/mol. The summed E-state index contributed by atoms with van der Waals surface area (Å²) in [7, 11) is 0. The third-order valence-electron chi connectivity index (χ3n) is 3.73. The topological polar surface area (TPSA) is 4.93 Å². The minimum atomic E-state index is 0.952. The van der Waals surface area contributed by atoms with Gasteiger partial charge in [-0.15, -0.1) is 11.8 Å². The van der Waals surface area contributed by atoms with Crippen molar-refractivity contribution in [3.63, 3.8) is 0 Å². The molecule has 108 valence electrons. The van der Waals surface area contributed by atoms with Crippen molar-refractivity contribution in [3.8, 4) is 0 Å². The van der Waals surface area contributed by atoms with E-state index in [1.165, 1.54) is 33.1 Å². The van der Waals surface area contributed by atoms with E-state index in [-0.39, 0.29) is 0 Å². The van der Waals surface area contributed by atoms with Crippen molar-refractivity contribution in [1.29, 1.82) is 0 Å². The number of para-hydroxylation sites is 1. The molecule has 1 heterocycles. The van der Waals surface area contributed by atoms with Crippen LogP contribution in [0.5, 0.6) is 0 Å². The van der Waals surface area contributed by atoms with E-state index in [1.54, 1.807) is 0 Å². The zero-order valence-electron chi connectivity index (χ0n) is 12.4. The number of nitrogens with zero attached hydrogens (tertiary/aromatic N) is 1. The number of thioether (sulfide) groups is 1. The van der Waals surface area contributed by atoms with Crippen LogP contribution < -0.4 is 0 Å². The molecule has 3 rings (SSSR count). The van der Waals surface area contributed by atoms with Crippen LogP contribution in [0.15, 0.2) is 47.4 Å². The van der Waals surface area contributed by atoms with E-state index in [0.717, 1.165) is 16.8 Å². The molecule has 0 atom stereocenters. The van der Waals surface area contributed by atoms with E-state index in [2.05, 4.69) is 60.9 Å². The summed E-state index contributed by atoms with van der Waals surface area (Å²) in [6, 6.07) is 15.1. The molecular formula is C18H19NS2. The summed E-state index contributed by atoms with van der Waals surface area (Å²) < 4.78 is 3.33. The van der Waals surface area contributed by atoms with Gasteiger partial charge < -0.3 is 4.57 Å². The SMILES string of the molecule is CCCSc1ccc2c(c1)c(=S)c1ccccc1n2CC. The summed E-state index contributed by atoms with van der Waals surface area (Å²) in [6.45, 7) is 5.36. The largest absolute Gasteiger partial charge is 0.341 e. The number of aromatic nitrogens is 1.